The average Bonchev–Trinajstić information content (AvgIpc) is 2.64. The summed E-state index contributed by atoms with van der Waals surface area (Å²) >= 11 is 0. The third kappa shape index (κ3) is 4.54. The predicted molar refractivity (Wildman–Crippen MR) is 90.8 cm³/mol. The fourth-order valence-electron chi connectivity index (χ4n) is 2.09. The van der Waals surface area contributed by atoms with E-state index in [0.717, 1.165) is 18.3 Å². The highest BCUT2D eigenvalue weighted by atomic mass is 16.6. The first-order chi connectivity index (χ1) is 12.4. The largest absolute Gasteiger partial charge is 0.870 e. The van der Waals surface area contributed by atoms with E-state index in [1.807, 2.05) is 0 Å². The first-order valence-corrected chi connectivity index (χ1v) is 7.62. The summed E-state index contributed by atoms with van der Waals surface area (Å²) in [5.41, 5.74) is 1.99. The van der Waals surface area contributed by atoms with Crippen LogP contribution < -0.4 is 15.3 Å². The first kappa shape index (κ1) is 18.9. The number of benzene rings is 2. The van der Waals surface area contributed by atoms with Crippen molar-refractivity contribution in [2.75, 3.05) is 6.61 Å². The summed E-state index contributed by atoms with van der Waals surface area (Å²) in [5.74, 6) is -1.59. The van der Waals surface area contributed by atoms with Gasteiger partial charge in [0.25, 0.3) is 11.6 Å². The van der Waals surface area contributed by atoms with Gasteiger partial charge in [-0.05, 0) is 18.1 Å². The summed E-state index contributed by atoms with van der Waals surface area (Å²) in [6, 6.07) is 10.3. The number of nitro benzene ring substituents is 1. The number of amides is 1. The number of ether oxygens (including phenoxy) is 1. The molecule has 0 fully saturated rings. The fraction of sp³-hybridized carbons (Fsp3) is 0.176. The lowest BCUT2D eigenvalue weighted by molar-refractivity contribution is -0.385. The second-order valence-corrected chi connectivity index (χ2v) is 5.10. The van der Waals surface area contributed by atoms with Crippen molar-refractivity contribution in [1.29, 1.82) is 0 Å². The Morgan fingerprint density at radius 3 is 2.69 bits per heavy atom. The second-order valence-electron chi connectivity index (χ2n) is 5.10. The zero-order chi connectivity index (χ0) is 19.1. The molecule has 2 aromatic rings. The van der Waals surface area contributed by atoms with E-state index >= 15 is 0 Å². The van der Waals surface area contributed by atoms with Gasteiger partial charge in [-0.3, -0.25) is 14.9 Å². The van der Waals surface area contributed by atoms with E-state index in [2.05, 4.69) is 10.5 Å². The normalized spacial score (nSPS) is 11.9. The number of aliphatic hydroxyl groups is 1. The van der Waals surface area contributed by atoms with E-state index in [1.165, 1.54) is 0 Å². The number of hydrogen-bond acceptors (Lipinski definition) is 7. The predicted octanol–water partition coefficient (Wildman–Crippen LogP) is 1.25. The van der Waals surface area contributed by atoms with Gasteiger partial charge in [-0.1, -0.05) is 36.1 Å². The number of nitro groups is 1. The number of nitrogens with zero attached hydrogens (tertiary/aromatic N) is 2. The van der Waals surface area contributed by atoms with Crippen molar-refractivity contribution in [3.8, 4) is 11.5 Å². The van der Waals surface area contributed by atoms with E-state index in [0.29, 0.717) is 5.56 Å². The third-order valence-electron chi connectivity index (χ3n) is 3.32. The van der Waals surface area contributed by atoms with Crippen molar-refractivity contribution in [3.05, 3.63) is 63.7 Å². The number of carbonyl (C=O) groups excluding carboxylic acids is 1. The molecule has 9 heteroatoms. The molecule has 2 rings (SSSR count). The van der Waals surface area contributed by atoms with E-state index in [9.17, 15) is 25.1 Å². The molecule has 0 unspecified atom stereocenters. The Morgan fingerprint density at radius 1 is 1.38 bits per heavy atom. The number of hydrazone groups is 1. The number of hydrogen-bond donors (Lipinski definition) is 2. The molecule has 0 bridgehead atoms. The number of aliphatic hydroxyl groups excluding tert-OH is 1. The van der Waals surface area contributed by atoms with Gasteiger partial charge >= 0.3 is 0 Å². The lowest BCUT2D eigenvalue weighted by atomic mass is 10.1. The first-order valence-electron chi connectivity index (χ1n) is 7.62. The molecule has 2 N–H and O–H groups in total. The molecule has 0 radical (unpaired) electrons. The van der Waals surface area contributed by atoms with Crippen molar-refractivity contribution < 1.29 is 24.7 Å². The molecular weight excluding hydrogens is 342 g/mol. The number of non-ortho nitro benzene ring substituents is 1. The second kappa shape index (κ2) is 8.58. The Morgan fingerprint density at radius 2 is 2.08 bits per heavy atom. The van der Waals surface area contributed by atoms with Gasteiger partial charge in [0.05, 0.1) is 23.8 Å². The summed E-state index contributed by atoms with van der Waals surface area (Å²) in [6.07, 6.45) is -0.475. The minimum atomic E-state index is -1.44. The van der Waals surface area contributed by atoms with Crippen LogP contribution in [-0.2, 0) is 4.79 Å². The van der Waals surface area contributed by atoms with Crippen LogP contribution in [0.1, 0.15) is 24.2 Å². The van der Waals surface area contributed by atoms with Gasteiger partial charge in [0.15, 0.2) is 6.10 Å². The number of carbonyl (C=O) groups is 1. The zero-order valence-electron chi connectivity index (χ0n) is 13.8. The van der Waals surface area contributed by atoms with Crippen LogP contribution in [-0.4, -0.2) is 28.8 Å². The Balaban J connectivity index is 2.16. The van der Waals surface area contributed by atoms with Crippen LogP contribution in [0.15, 0.2) is 47.6 Å². The van der Waals surface area contributed by atoms with Gasteiger partial charge < -0.3 is 14.9 Å². The molecular formula is C17H16N3O6-. The quantitative estimate of drug-likeness (QED) is 0.434. The van der Waals surface area contributed by atoms with Crippen molar-refractivity contribution in [2.24, 2.45) is 5.10 Å². The minimum Gasteiger partial charge on any atom is -0.870 e. The average molecular weight is 358 g/mol. The van der Waals surface area contributed by atoms with Gasteiger partial charge in [-0.15, -0.1) is 0 Å². The van der Waals surface area contributed by atoms with Crippen molar-refractivity contribution in [2.45, 2.75) is 13.0 Å². The van der Waals surface area contributed by atoms with Crippen molar-refractivity contribution >= 4 is 17.8 Å². The SMILES string of the molecule is CCOc1cc([N+](=O)[O-])cc(C=NNC(=O)[C@@H](O)c2ccccc2)c1[O-]. The van der Waals surface area contributed by atoms with Crippen LogP contribution in [0.25, 0.3) is 0 Å². The van der Waals surface area contributed by atoms with Gasteiger partial charge in [-0.25, -0.2) is 5.43 Å². The van der Waals surface area contributed by atoms with Crippen LogP contribution in [0.5, 0.6) is 11.5 Å². The van der Waals surface area contributed by atoms with Crippen LogP contribution in [0, 0.1) is 10.1 Å². The van der Waals surface area contributed by atoms with Gasteiger partial charge in [0.1, 0.15) is 5.75 Å². The van der Waals surface area contributed by atoms with Crippen LogP contribution in [0.4, 0.5) is 5.69 Å². The Bertz CT molecular complexity index is 823. The molecule has 1 amide bonds. The number of rotatable bonds is 7. The summed E-state index contributed by atoms with van der Waals surface area (Å²) < 4.78 is 5.09. The molecule has 0 spiro atoms. The molecule has 0 saturated carbocycles. The van der Waals surface area contributed by atoms with E-state index < -0.39 is 22.7 Å². The molecule has 0 heterocycles. The maximum absolute atomic E-state index is 12.2. The molecule has 26 heavy (non-hydrogen) atoms. The van der Waals surface area contributed by atoms with E-state index in [1.54, 1.807) is 37.3 Å². The van der Waals surface area contributed by atoms with Gasteiger partial charge in [-0.2, -0.15) is 5.10 Å². The monoisotopic (exact) mass is 358 g/mol. The highest BCUT2D eigenvalue weighted by Crippen LogP contribution is 2.31. The lowest BCUT2D eigenvalue weighted by Crippen LogP contribution is -2.25. The van der Waals surface area contributed by atoms with Crippen LogP contribution in [0.2, 0.25) is 0 Å². The standard InChI is InChI=1S/C17H17N3O6/c1-2-26-14-9-13(20(24)25)8-12(15(14)21)10-18-19-17(23)16(22)11-6-4-3-5-7-11/h3-10,16,21-22H,2H2,1H3,(H,19,23)/p-1/t16-/m0/s1. The molecule has 0 aliphatic carbocycles. The topological polar surface area (TPSA) is 137 Å². The van der Waals surface area contributed by atoms with Gasteiger partial charge in [0, 0.05) is 6.07 Å². The molecule has 136 valence electrons. The lowest BCUT2D eigenvalue weighted by Gasteiger charge is -2.16. The maximum Gasteiger partial charge on any atom is 0.273 e. The fourth-order valence-corrected chi connectivity index (χ4v) is 2.09. The third-order valence-corrected chi connectivity index (χ3v) is 3.32. The summed E-state index contributed by atoms with van der Waals surface area (Å²) in [7, 11) is 0. The van der Waals surface area contributed by atoms with Gasteiger partial charge in [0.2, 0.25) is 0 Å². The summed E-state index contributed by atoms with van der Waals surface area (Å²) in [5, 5.41) is 36.6. The Labute approximate surface area is 148 Å². The maximum atomic E-state index is 12.2. The minimum absolute atomic E-state index is 0.128. The number of nitrogens with one attached hydrogen (secondary N) is 1. The van der Waals surface area contributed by atoms with Crippen molar-refractivity contribution in [1.82, 2.24) is 5.43 Å². The molecule has 0 saturated heterocycles. The Kier molecular flexibility index (Phi) is 6.23. The smallest absolute Gasteiger partial charge is 0.273 e. The highest BCUT2D eigenvalue weighted by Gasteiger charge is 2.16. The molecule has 0 aliphatic heterocycles. The highest BCUT2D eigenvalue weighted by molar-refractivity contribution is 5.88. The molecule has 2 aromatic carbocycles. The Hall–Kier alpha value is -3.46. The van der Waals surface area contributed by atoms with Crippen LogP contribution in [0.3, 0.4) is 0 Å². The van der Waals surface area contributed by atoms with Crippen molar-refractivity contribution in [3.63, 3.8) is 0 Å². The van der Waals surface area contributed by atoms with Crippen LogP contribution >= 0.6 is 0 Å². The molecule has 1 atom stereocenters. The molecule has 9 nitrogen and oxygen atoms in total. The summed E-state index contributed by atoms with van der Waals surface area (Å²) in [6.45, 7) is 1.80. The van der Waals surface area contributed by atoms with E-state index in [4.69, 9.17) is 4.74 Å². The zero-order valence-corrected chi connectivity index (χ0v) is 13.8. The van der Waals surface area contributed by atoms with E-state index in [-0.39, 0.29) is 23.6 Å². The molecule has 0 aliphatic rings. The molecule has 0 aromatic heterocycles. The summed E-state index contributed by atoms with van der Waals surface area (Å²) in [4.78, 5) is 22.2.